The predicted molar refractivity (Wildman–Crippen MR) is 83.5 cm³/mol. The summed E-state index contributed by atoms with van der Waals surface area (Å²) in [5.41, 5.74) is 0.393. The van der Waals surface area contributed by atoms with Gasteiger partial charge in [0.1, 0.15) is 0 Å². The van der Waals surface area contributed by atoms with Gasteiger partial charge in [0.05, 0.1) is 23.8 Å². The molecule has 1 aromatic carbocycles. The van der Waals surface area contributed by atoms with Crippen LogP contribution in [0.4, 0.5) is 0 Å². The molecule has 2 amide bonds. The van der Waals surface area contributed by atoms with E-state index >= 15 is 0 Å². The van der Waals surface area contributed by atoms with E-state index in [0.717, 1.165) is 0 Å². The highest BCUT2D eigenvalue weighted by atomic mass is 79.9. The third kappa shape index (κ3) is 4.43. The maximum Gasteiger partial charge on any atom is 0.252 e. The fourth-order valence-corrected chi connectivity index (χ4v) is 2.61. The van der Waals surface area contributed by atoms with E-state index < -0.39 is 0 Å². The number of halogens is 2. The minimum atomic E-state index is -0.281. The number of benzene rings is 1. The molecule has 0 unspecified atom stereocenters. The second-order valence-corrected chi connectivity index (χ2v) is 5.83. The number of carbonyl (C=O) groups excluding carboxylic acids is 2. The SMILES string of the molecule is O=C(NCCC(=O)N1CCOCC1)c1cccc(Br)c1Cl. The van der Waals surface area contributed by atoms with Gasteiger partial charge in [0.2, 0.25) is 5.91 Å². The number of hydrogen-bond acceptors (Lipinski definition) is 3. The summed E-state index contributed by atoms with van der Waals surface area (Å²) in [5, 5.41) is 3.08. The standard InChI is InChI=1S/C14H16BrClN2O3/c15-11-3-1-2-10(13(11)16)14(20)17-5-4-12(19)18-6-8-21-9-7-18/h1-3H,4-9H2,(H,17,20). The zero-order valence-corrected chi connectivity index (χ0v) is 13.7. The molecular formula is C14H16BrClN2O3. The first-order valence-corrected chi connectivity index (χ1v) is 7.84. The highest BCUT2D eigenvalue weighted by Gasteiger charge is 2.17. The van der Waals surface area contributed by atoms with Gasteiger partial charge in [-0.2, -0.15) is 0 Å². The van der Waals surface area contributed by atoms with Crippen LogP contribution in [0, 0.1) is 0 Å². The van der Waals surface area contributed by atoms with Gasteiger partial charge in [-0.1, -0.05) is 17.7 Å². The van der Waals surface area contributed by atoms with E-state index in [9.17, 15) is 9.59 Å². The Balaban J connectivity index is 1.81. The largest absolute Gasteiger partial charge is 0.378 e. The first kappa shape index (κ1) is 16.3. The Morgan fingerprint density at radius 2 is 2.05 bits per heavy atom. The number of amides is 2. The van der Waals surface area contributed by atoms with Gasteiger partial charge < -0.3 is 15.0 Å². The van der Waals surface area contributed by atoms with E-state index in [1.54, 1.807) is 23.1 Å². The van der Waals surface area contributed by atoms with Crippen LogP contribution in [0.3, 0.4) is 0 Å². The van der Waals surface area contributed by atoms with Gasteiger partial charge in [0.15, 0.2) is 0 Å². The number of nitrogens with one attached hydrogen (secondary N) is 1. The van der Waals surface area contributed by atoms with Crippen LogP contribution in [-0.2, 0) is 9.53 Å². The number of nitrogens with zero attached hydrogens (tertiary/aromatic N) is 1. The molecule has 0 aliphatic carbocycles. The van der Waals surface area contributed by atoms with E-state index in [0.29, 0.717) is 41.4 Å². The Hall–Kier alpha value is -1.11. The first-order valence-electron chi connectivity index (χ1n) is 6.67. The molecule has 1 fully saturated rings. The molecule has 114 valence electrons. The van der Waals surface area contributed by atoms with Gasteiger partial charge in [-0.25, -0.2) is 0 Å². The van der Waals surface area contributed by atoms with E-state index in [1.807, 2.05) is 0 Å². The molecule has 0 bridgehead atoms. The Labute approximate surface area is 136 Å². The minimum absolute atomic E-state index is 0.0268. The Bertz CT molecular complexity index is 533. The first-order chi connectivity index (χ1) is 10.1. The molecular weight excluding hydrogens is 360 g/mol. The lowest BCUT2D eigenvalue weighted by Gasteiger charge is -2.26. The third-order valence-corrected chi connectivity index (χ3v) is 4.48. The van der Waals surface area contributed by atoms with Crippen molar-refractivity contribution in [3.05, 3.63) is 33.3 Å². The monoisotopic (exact) mass is 374 g/mol. The van der Waals surface area contributed by atoms with Crippen LogP contribution in [0.1, 0.15) is 16.8 Å². The summed E-state index contributed by atoms with van der Waals surface area (Å²) >= 11 is 9.33. The summed E-state index contributed by atoms with van der Waals surface area (Å²) in [7, 11) is 0. The molecule has 0 atom stereocenters. The fraction of sp³-hybridized carbons (Fsp3) is 0.429. The van der Waals surface area contributed by atoms with Crippen LogP contribution < -0.4 is 5.32 Å². The van der Waals surface area contributed by atoms with Crippen molar-refractivity contribution in [1.29, 1.82) is 0 Å². The molecule has 1 aromatic rings. The Morgan fingerprint density at radius 3 is 2.76 bits per heavy atom. The van der Waals surface area contributed by atoms with Crippen LogP contribution in [-0.4, -0.2) is 49.6 Å². The molecule has 7 heteroatoms. The number of carbonyl (C=O) groups is 2. The third-order valence-electron chi connectivity index (χ3n) is 3.18. The van der Waals surface area contributed by atoms with E-state index in [-0.39, 0.29) is 24.8 Å². The van der Waals surface area contributed by atoms with Crippen molar-refractivity contribution in [2.45, 2.75) is 6.42 Å². The van der Waals surface area contributed by atoms with Crippen molar-refractivity contribution in [1.82, 2.24) is 10.2 Å². The van der Waals surface area contributed by atoms with Crippen molar-refractivity contribution in [2.24, 2.45) is 0 Å². The molecule has 1 heterocycles. The maximum atomic E-state index is 12.0. The summed E-state index contributed by atoms with van der Waals surface area (Å²) in [6.07, 6.45) is 0.275. The molecule has 1 aliphatic rings. The highest BCUT2D eigenvalue weighted by molar-refractivity contribution is 9.10. The average Bonchev–Trinajstić information content (AvgIpc) is 2.50. The summed E-state index contributed by atoms with van der Waals surface area (Å²) in [6.45, 7) is 2.67. The lowest BCUT2D eigenvalue weighted by molar-refractivity contribution is -0.135. The minimum Gasteiger partial charge on any atom is -0.378 e. The van der Waals surface area contributed by atoms with Crippen LogP contribution in [0.15, 0.2) is 22.7 Å². The summed E-state index contributed by atoms with van der Waals surface area (Å²) in [6, 6.07) is 5.15. The molecule has 2 rings (SSSR count). The average molecular weight is 376 g/mol. The number of hydrogen-bond donors (Lipinski definition) is 1. The van der Waals surface area contributed by atoms with Gasteiger partial charge in [-0.05, 0) is 28.1 Å². The van der Waals surface area contributed by atoms with Crippen LogP contribution in [0.5, 0.6) is 0 Å². The van der Waals surface area contributed by atoms with Gasteiger partial charge in [0.25, 0.3) is 5.91 Å². The van der Waals surface area contributed by atoms with Crippen molar-refractivity contribution in [3.8, 4) is 0 Å². The van der Waals surface area contributed by atoms with E-state index in [1.165, 1.54) is 0 Å². The molecule has 0 saturated carbocycles. The molecule has 1 aliphatic heterocycles. The Morgan fingerprint density at radius 1 is 1.33 bits per heavy atom. The lowest BCUT2D eigenvalue weighted by atomic mass is 10.2. The second-order valence-electron chi connectivity index (χ2n) is 4.60. The van der Waals surface area contributed by atoms with Crippen molar-refractivity contribution >= 4 is 39.3 Å². The lowest BCUT2D eigenvalue weighted by Crippen LogP contribution is -2.42. The van der Waals surface area contributed by atoms with Crippen molar-refractivity contribution in [2.75, 3.05) is 32.8 Å². The highest BCUT2D eigenvalue weighted by Crippen LogP contribution is 2.25. The Kier molecular flexibility index (Phi) is 6.02. The fourth-order valence-electron chi connectivity index (χ4n) is 2.03. The van der Waals surface area contributed by atoms with Gasteiger partial charge in [-0.15, -0.1) is 0 Å². The molecule has 21 heavy (non-hydrogen) atoms. The van der Waals surface area contributed by atoms with Gasteiger partial charge in [-0.3, -0.25) is 9.59 Å². The number of rotatable bonds is 4. The predicted octanol–water partition coefficient (Wildman–Crippen LogP) is 2.08. The summed E-state index contributed by atoms with van der Waals surface area (Å²) in [4.78, 5) is 25.7. The zero-order valence-electron chi connectivity index (χ0n) is 11.4. The molecule has 0 radical (unpaired) electrons. The summed E-state index contributed by atoms with van der Waals surface area (Å²) in [5.74, 6) is -0.255. The van der Waals surface area contributed by atoms with Crippen LogP contribution in [0.2, 0.25) is 5.02 Å². The van der Waals surface area contributed by atoms with E-state index in [2.05, 4.69) is 21.2 Å². The van der Waals surface area contributed by atoms with Gasteiger partial charge >= 0.3 is 0 Å². The van der Waals surface area contributed by atoms with E-state index in [4.69, 9.17) is 16.3 Å². The van der Waals surface area contributed by atoms with Crippen LogP contribution >= 0.6 is 27.5 Å². The second kappa shape index (κ2) is 7.77. The van der Waals surface area contributed by atoms with Crippen molar-refractivity contribution in [3.63, 3.8) is 0 Å². The van der Waals surface area contributed by atoms with Crippen molar-refractivity contribution < 1.29 is 14.3 Å². The normalized spacial score (nSPS) is 14.9. The number of morpholine rings is 1. The quantitative estimate of drug-likeness (QED) is 0.876. The molecule has 1 N–H and O–H groups in total. The topological polar surface area (TPSA) is 58.6 Å². The summed E-state index contributed by atoms with van der Waals surface area (Å²) < 4.78 is 5.86. The molecule has 5 nitrogen and oxygen atoms in total. The zero-order chi connectivity index (χ0) is 15.2. The smallest absolute Gasteiger partial charge is 0.252 e. The number of ether oxygens (including phenoxy) is 1. The van der Waals surface area contributed by atoms with Crippen LogP contribution in [0.25, 0.3) is 0 Å². The molecule has 0 aromatic heterocycles. The van der Waals surface area contributed by atoms with Gasteiger partial charge in [0, 0.05) is 30.5 Å². The molecule has 0 spiro atoms. The maximum absolute atomic E-state index is 12.0. The molecule has 1 saturated heterocycles.